The number of aromatic nitrogens is 2. The fraction of sp³-hybridized carbons (Fsp3) is 0.421. The first-order valence-electron chi connectivity index (χ1n) is 9.00. The summed E-state index contributed by atoms with van der Waals surface area (Å²) in [5, 5.41) is 18.0. The average molecular weight is 389 g/mol. The first-order valence-corrected chi connectivity index (χ1v) is 9.38. The maximum atomic E-state index is 12.8. The molecule has 1 saturated heterocycles. The summed E-state index contributed by atoms with van der Waals surface area (Å²) in [6.07, 6.45) is 1.41. The number of amides is 2. The van der Waals surface area contributed by atoms with Gasteiger partial charge in [-0.2, -0.15) is 5.10 Å². The molecule has 2 aliphatic rings. The third-order valence-electron chi connectivity index (χ3n) is 5.09. The van der Waals surface area contributed by atoms with E-state index in [1.807, 2.05) is 6.07 Å². The van der Waals surface area contributed by atoms with Gasteiger partial charge in [0.1, 0.15) is 5.69 Å². The molecule has 4 rings (SSSR count). The molecular formula is C19H21ClN4O3. The van der Waals surface area contributed by atoms with Crippen LogP contribution < -0.4 is 5.32 Å². The van der Waals surface area contributed by atoms with Crippen molar-refractivity contribution >= 4 is 23.4 Å². The van der Waals surface area contributed by atoms with Gasteiger partial charge < -0.3 is 15.3 Å². The monoisotopic (exact) mass is 388 g/mol. The van der Waals surface area contributed by atoms with Crippen molar-refractivity contribution in [1.82, 2.24) is 20.0 Å². The van der Waals surface area contributed by atoms with E-state index in [-0.39, 0.29) is 24.9 Å². The first-order chi connectivity index (χ1) is 12.9. The zero-order valence-corrected chi connectivity index (χ0v) is 15.7. The summed E-state index contributed by atoms with van der Waals surface area (Å²) in [6.45, 7) is 0.416. The van der Waals surface area contributed by atoms with Crippen molar-refractivity contribution in [2.45, 2.75) is 30.9 Å². The van der Waals surface area contributed by atoms with E-state index in [4.69, 9.17) is 11.6 Å². The SMILES string of the molecule is Cn1nc(C2CC2)cc1C(=O)N1C[C@@H](O)[C@H](NC(=O)c2cccc(Cl)c2)C1. The van der Waals surface area contributed by atoms with E-state index in [1.165, 1.54) is 0 Å². The summed E-state index contributed by atoms with van der Waals surface area (Å²) in [4.78, 5) is 26.8. The highest BCUT2D eigenvalue weighted by Gasteiger charge is 2.37. The third kappa shape index (κ3) is 3.70. The van der Waals surface area contributed by atoms with Crippen LogP contribution >= 0.6 is 11.6 Å². The summed E-state index contributed by atoms with van der Waals surface area (Å²) >= 11 is 5.92. The lowest BCUT2D eigenvalue weighted by molar-refractivity contribution is 0.0754. The Balaban J connectivity index is 1.43. The van der Waals surface area contributed by atoms with Crippen LogP contribution in [0.2, 0.25) is 5.02 Å². The van der Waals surface area contributed by atoms with Crippen LogP contribution in [0.5, 0.6) is 0 Å². The molecule has 1 aromatic carbocycles. The summed E-state index contributed by atoms with van der Waals surface area (Å²) in [5.41, 5.74) is 1.87. The third-order valence-corrected chi connectivity index (χ3v) is 5.33. The number of β-amino-alcohol motifs (C(OH)–C–C–N with tert-alkyl or cyclic N) is 1. The van der Waals surface area contributed by atoms with E-state index < -0.39 is 12.1 Å². The molecule has 2 N–H and O–H groups in total. The number of aliphatic hydroxyl groups excluding tert-OH is 1. The minimum Gasteiger partial charge on any atom is -0.389 e. The average Bonchev–Trinajstić information content (AvgIpc) is 3.33. The number of likely N-dealkylation sites (tertiary alicyclic amines) is 1. The van der Waals surface area contributed by atoms with Crippen LogP contribution in [-0.2, 0) is 7.05 Å². The fourth-order valence-electron chi connectivity index (χ4n) is 3.41. The normalized spacial score (nSPS) is 22.1. The molecule has 7 nitrogen and oxygen atoms in total. The minimum atomic E-state index is -0.826. The number of aryl methyl sites for hydroxylation is 1. The van der Waals surface area contributed by atoms with E-state index in [0.717, 1.165) is 18.5 Å². The molecule has 2 fully saturated rings. The second-order valence-electron chi connectivity index (χ2n) is 7.22. The Morgan fingerprint density at radius 1 is 1.26 bits per heavy atom. The second kappa shape index (κ2) is 6.98. The van der Waals surface area contributed by atoms with Crippen molar-refractivity contribution in [3.8, 4) is 0 Å². The Morgan fingerprint density at radius 2 is 2.04 bits per heavy atom. The number of nitrogens with one attached hydrogen (secondary N) is 1. The van der Waals surface area contributed by atoms with Crippen LogP contribution in [0.1, 0.15) is 45.3 Å². The maximum absolute atomic E-state index is 12.8. The van der Waals surface area contributed by atoms with Gasteiger partial charge in [-0.05, 0) is 37.1 Å². The van der Waals surface area contributed by atoms with Gasteiger partial charge in [0.05, 0.1) is 17.8 Å². The van der Waals surface area contributed by atoms with Crippen LogP contribution in [0.25, 0.3) is 0 Å². The van der Waals surface area contributed by atoms with Gasteiger partial charge in [0.25, 0.3) is 11.8 Å². The lowest BCUT2D eigenvalue weighted by atomic mass is 10.1. The zero-order chi connectivity index (χ0) is 19.1. The van der Waals surface area contributed by atoms with Gasteiger partial charge in [-0.25, -0.2) is 0 Å². The molecule has 27 heavy (non-hydrogen) atoms. The molecule has 0 bridgehead atoms. The largest absolute Gasteiger partial charge is 0.389 e. The van der Waals surface area contributed by atoms with Crippen LogP contribution in [0.3, 0.4) is 0 Å². The molecule has 8 heteroatoms. The van der Waals surface area contributed by atoms with Crippen molar-refractivity contribution in [2.75, 3.05) is 13.1 Å². The number of rotatable bonds is 4. The number of halogens is 1. The van der Waals surface area contributed by atoms with Gasteiger partial charge in [0, 0.05) is 36.6 Å². The Kier molecular flexibility index (Phi) is 4.65. The highest BCUT2D eigenvalue weighted by Crippen LogP contribution is 2.39. The Labute approximate surface area is 161 Å². The van der Waals surface area contributed by atoms with Crippen molar-refractivity contribution in [3.05, 3.63) is 52.3 Å². The second-order valence-corrected chi connectivity index (χ2v) is 7.66. The molecule has 2 heterocycles. The lowest BCUT2D eigenvalue weighted by Crippen LogP contribution is -2.43. The van der Waals surface area contributed by atoms with Gasteiger partial charge in [-0.3, -0.25) is 14.3 Å². The van der Waals surface area contributed by atoms with E-state index >= 15 is 0 Å². The van der Waals surface area contributed by atoms with Gasteiger partial charge in [-0.15, -0.1) is 0 Å². The zero-order valence-electron chi connectivity index (χ0n) is 14.9. The van der Waals surface area contributed by atoms with Gasteiger partial charge >= 0.3 is 0 Å². The van der Waals surface area contributed by atoms with Crippen LogP contribution in [-0.4, -0.2) is 56.8 Å². The number of nitrogens with zero attached hydrogens (tertiary/aromatic N) is 3. The molecule has 0 radical (unpaired) electrons. The number of benzene rings is 1. The van der Waals surface area contributed by atoms with Gasteiger partial charge in [0.2, 0.25) is 0 Å². The quantitative estimate of drug-likeness (QED) is 0.832. The molecule has 2 amide bonds. The van der Waals surface area contributed by atoms with Crippen molar-refractivity contribution in [2.24, 2.45) is 7.05 Å². The van der Waals surface area contributed by atoms with Gasteiger partial charge in [0.15, 0.2) is 0 Å². The van der Waals surface area contributed by atoms with Crippen LogP contribution in [0, 0.1) is 0 Å². The van der Waals surface area contributed by atoms with E-state index in [9.17, 15) is 14.7 Å². The molecule has 2 atom stereocenters. The molecule has 0 unspecified atom stereocenters. The predicted octanol–water partition coefficient (Wildman–Crippen LogP) is 1.57. The number of carbonyl (C=O) groups is 2. The van der Waals surface area contributed by atoms with Crippen LogP contribution in [0.15, 0.2) is 30.3 Å². The highest BCUT2D eigenvalue weighted by atomic mass is 35.5. The van der Waals surface area contributed by atoms with Crippen molar-refractivity contribution < 1.29 is 14.7 Å². The highest BCUT2D eigenvalue weighted by molar-refractivity contribution is 6.30. The van der Waals surface area contributed by atoms with E-state index in [2.05, 4.69) is 10.4 Å². The standard InChI is InChI=1S/C19H21ClN4O3/c1-23-16(8-14(22-23)11-5-6-11)19(27)24-9-15(17(25)10-24)21-18(26)12-3-2-4-13(20)7-12/h2-4,7-8,11,15,17,25H,5-6,9-10H2,1H3,(H,21,26)/t15-,17-/m1/s1. The van der Waals surface area contributed by atoms with Gasteiger partial charge in [-0.1, -0.05) is 17.7 Å². The molecule has 1 aliphatic carbocycles. The Bertz CT molecular complexity index is 893. The summed E-state index contributed by atoms with van der Waals surface area (Å²) in [5.74, 6) is -0.0468. The number of carbonyl (C=O) groups excluding carboxylic acids is 2. The summed E-state index contributed by atoms with van der Waals surface area (Å²) in [7, 11) is 1.75. The summed E-state index contributed by atoms with van der Waals surface area (Å²) < 4.78 is 1.60. The minimum absolute atomic E-state index is 0.170. The number of aliphatic hydroxyl groups is 1. The number of hydrogen-bond donors (Lipinski definition) is 2. The summed E-state index contributed by atoms with van der Waals surface area (Å²) in [6, 6.07) is 7.91. The van der Waals surface area contributed by atoms with E-state index in [0.29, 0.717) is 22.2 Å². The topological polar surface area (TPSA) is 87.5 Å². The first kappa shape index (κ1) is 18.0. The molecule has 0 spiro atoms. The van der Waals surface area contributed by atoms with Crippen LogP contribution in [0.4, 0.5) is 0 Å². The molecular weight excluding hydrogens is 368 g/mol. The van der Waals surface area contributed by atoms with Crippen molar-refractivity contribution in [3.63, 3.8) is 0 Å². The smallest absolute Gasteiger partial charge is 0.272 e. The maximum Gasteiger partial charge on any atom is 0.272 e. The molecule has 1 aliphatic heterocycles. The number of hydrogen-bond acceptors (Lipinski definition) is 4. The Hall–Kier alpha value is -2.38. The molecule has 1 saturated carbocycles. The Morgan fingerprint density at radius 3 is 2.74 bits per heavy atom. The lowest BCUT2D eigenvalue weighted by Gasteiger charge is -2.17. The van der Waals surface area contributed by atoms with Crippen molar-refractivity contribution in [1.29, 1.82) is 0 Å². The molecule has 1 aromatic heterocycles. The van der Waals surface area contributed by atoms with E-state index in [1.54, 1.807) is 40.9 Å². The molecule has 142 valence electrons. The predicted molar refractivity (Wildman–Crippen MR) is 99.8 cm³/mol. The molecule has 2 aromatic rings. The fourth-order valence-corrected chi connectivity index (χ4v) is 3.60.